The normalized spacial score (nSPS) is 21.4. The van der Waals surface area contributed by atoms with Gasteiger partial charge in [0.2, 0.25) is 5.82 Å². The number of amides is 1. The number of rotatable bonds is 3. The Morgan fingerprint density at radius 1 is 1.17 bits per heavy atom. The Hall–Kier alpha value is -2.28. The van der Waals surface area contributed by atoms with Crippen LogP contribution in [0.1, 0.15) is 35.2 Å². The van der Waals surface area contributed by atoms with Gasteiger partial charge in [-0.25, -0.2) is 9.97 Å². The van der Waals surface area contributed by atoms with Gasteiger partial charge in [-0.2, -0.15) is 5.10 Å². The van der Waals surface area contributed by atoms with Crippen LogP contribution in [-0.2, 0) is 6.54 Å². The molecule has 2 aromatic heterocycles. The van der Waals surface area contributed by atoms with Gasteiger partial charge in [-0.15, -0.1) is 0 Å². The second-order valence-corrected chi connectivity index (χ2v) is 6.19. The number of aromatic nitrogens is 4. The summed E-state index contributed by atoms with van der Waals surface area (Å²) in [5.41, 5.74) is 1.07. The van der Waals surface area contributed by atoms with Crippen molar-refractivity contribution in [3.63, 3.8) is 0 Å². The third-order valence-electron chi connectivity index (χ3n) is 4.59. The Kier molecular flexibility index (Phi) is 3.78. The summed E-state index contributed by atoms with van der Waals surface area (Å²) in [5, 5.41) is 4.47. The van der Waals surface area contributed by atoms with Crippen LogP contribution >= 0.6 is 0 Å². The smallest absolute Gasteiger partial charge is 0.292 e. The van der Waals surface area contributed by atoms with Crippen LogP contribution in [0.4, 0.5) is 0 Å². The van der Waals surface area contributed by atoms with Gasteiger partial charge in [0.05, 0.1) is 18.3 Å². The van der Waals surface area contributed by atoms with Gasteiger partial charge in [-0.05, 0) is 38.1 Å². The summed E-state index contributed by atoms with van der Waals surface area (Å²) in [5.74, 6) is 0.157. The fraction of sp³-hybridized carbons (Fsp3) is 0.500. The first-order valence-electron chi connectivity index (χ1n) is 8.12. The first kappa shape index (κ1) is 14.3. The van der Waals surface area contributed by atoms with Crippen molar-refractivity contribution < 1.29 is 4.79 Å². The number of nitrogens with zero attached hydrogens (tertiary/aromatic N) is 6. The summed E-state index contributed by atoms with van der Waals surface area (Å²) < 4.78 is 2.08. The maximum atomic E-state index is 12.7. The van der Waals surface area contributed by atoms with E-state index < -0.39 is 0 Å². The van der Waals surface area contributed by atoms with Gasteiger partial charge in [0.25, 0.3) is 5.91 Å². The van der Waals surface area contributed by atoms with Crippen LogP contribution in [0.25, 0.3) is 0 Å². The van der Waals surface area contributed by atoms with Crippen LogP contribution in [-0.4, -0.2) is 61.6 Å². The van der Waals surface area contributed by atoms with Crippen molar-refractivity contribution in [3.05, 3.63) is 42.2 Å². The third-order valence-corrected chi connectivity index (χ3v) is 4.59. The van der Waals surface area contributed by atoms with Gasteiger partial charge >= 0.3 is 0 Å². The molecule has 4 heterocycles. The van der Waals surface area contributed by atoms with E-state index >= 15 is 0 Å². The van der Waals surface area contributed by atoms with Crippen LogP contribution in [0.3, 0.4) is 0 Å². The van der Waals surface area contributed by atoms with E-state index in [1.165, 1.54) is 12.8 Å². The predicted octanol–water partition coefficient (Wildman–Crippen LogP) is 0.966. The molecule has 0 aliphatic carbocycles. The predicted molar refractivity (Wildman–Crippen MR) is 83.7 cm³/mol. The lowest BCUT2D eigenvalue weighted by Gasteiger charge is -2.35. The molecule has 1 atom stereocenters. The lowest BCUT2D eigenvalue weighted by Crippen LogP contribution is -2.45. The Morgan fingerprint density at radius 2 is 1.96 bits per heavy atom. The van der Waals surface area contributed by atoms with E-state index in [9.17, 15) is 4.79 Å². The van der Waals surface area contributed by atoms with Crippen LogP contribution in [0, 0.1) is 0 Å². The molecule has 7 heteroatoms. The van der Waals surface area contributed by atoms with E-state index in [1.54, 1.807) is 18.5 Å². The molecule has 120 valence electrons. The number of fused-ring (bicyclic) bond motifs is 1. The third kappa shape index (κ3) is 2.84. The molecule has 7 nitrogen and oxygen atoms in total. The van der Waals surface area contributed by atoms with Crippen molar-refractivity contribution in [2.75, 3.05) is 26.2 Å². The first-order valence-corrected chi connectivity index (χ1v) is 8.12. The van der Waals surface area contributed by atoms with E-state index in [-0.39, 0.29) is 17.8 Å². The van der Waals surface area contributed by atoms with Crippen molar-refractivity contribution in [2.24, 2.45) is 0 Å². The van der Waals surface area contributed by atoms with Crippen LogP contribution in [0.2, 0.25) is 0 Å². The minimum absolute atomic E-state index is 0.107. The first-order chi connectivity index (χ1) is 11.3. The number of hydrogen-bond donors (Lipinski definition) is 0. The topological polar surface area (TPSA) is 67.2 Å². The average Bonchev–Trinajstić information content (AvgIpc) is 3.26. The Morgan fingerprint density at radius 3 is 2.74 bits per heavy atom. The van der Waals surface area contributed by atoms with Gasteiger partial charge in [-0.1, -0.05) is 0 Å². The minimum atomic E-state index is -0.107. The molecule has 1 fully saturated rings. The van der Waals surface area contributed by atoms with Crippen LogP contribution in [0.15, 0.2) is 30.7 Å². The molecule has 0 spiro atoms. The SMILES string of the molecule is O=C(c1ncccn1)N1Cc2ccnn2C(CN2CCCC2)C1. The summed E-state index contributed by atoms with van der Waals surface area (Å²) in [6.07, 6.45) is 7.56. The Labute approximate surface area is 134 Å². The highest BCUT2D eigenvalue weighted by molar-refractivity contribution is 5.90. The molecule has 1 amide bonds. The number of carbonyl (C=O) groups excluding carboxylic acids is 1. The lowest BCUT2D eigenvalue weighted by molar-refractivity contribution is 0.0634. The highest BCUT2D eigenvalue weighted by atomic mass is 16.2. The number of likely N-dealkylation sites (tertiary alicyclic amines) is 1. The highest BCUT2D eigenvalue weighted by Gasteiger charge is 2.31. The molecule has 1 saturated heterocycles. The van der Waals surface area contributed by atoms with Crippen molar-refractivity contribution >= 4 is 5.91 Å². The number of hydrogen-bond acceptors (Lipinski definition) is 5. The summed E-state index contributed by atoms with van der Waals surface area (Å²) in [6, 6.07) is 3.90. The molecule has 2 aliphatic heterocycles. The fourth-order valence-corrected chi connectivity index (χ4v) is 3.49. The molecule has 0 N–H and O–H groups in total. The Bertz CT molecular complexity index is 679. The molecule has 0 radical (unpaired) electrons. The summed E-state index contributed by atoms with van der Waals surface area (Å²) >= 11 is 0. The van der Waals surface area contributed by atoms with E-state index in [4.69, 9.17) is 0 Å². The van der Waals surface area contributed by atoms with E-state index in [1.807, 2.05) is 17.2 Å². The maximum absolute atomic E-state index is 12.7. The average molecular weight is 312 g/mol. The molecule has 0 saturated carbocycles. The van der Waals surface area contributed by atoms with Crippen LogP contribution in [0.5, 0.6) is 0 Å². The summed E-state index contributed by atoms with van der Waals surface area (Å²) in [7, 11) is 0. The molecular weight excluding hydrogens is 292 g/mol. The highest BCUT2D eigenvalue weighted by Crippen LogP contribution is 2.23. The monoisotopic (exact) mass is 312 g/mol. The molecule has 2 aliphatic rings. The molecule has 1 unspecified atom stereocenters. The summed E-state index contributed by atoms with van der Waals surface area (Å²) in [4.78, 5) is 25.2. The summed E-state index contributed by atoms with van der Waals surface area (Å²) in [6.45, 7) is 4.44. The van der Waals surface area contributed by atoms with Gasteiger partial charge in [0.1, 0.15) is 0 Å². The van der Waals surface area contributed by atoms with E-state index in [0.29, 0.717) is 13.1 Å². The van der Waals surface area contributed by atoms with Gasteiger partial charge < -0.3 is 9.80 Å². The van der Waals surface area contributed by atoms with E-state index in [2.05, 4.69) is 24.6 Å². The quantitative estimate of drug-likeness (QED) is 0.845. The molecule has 0 bridgehead atoms. The van der Waals surface area contributed by atoms with E-state index in [0.717, 1.165) is 25.3 Å². The van der Waals surface area contributed by atoms with Crippen molar-refractivity contribution in [1.29, 1.82) is 0 Å². The second kappa shape index (κ2) is 6.08. The lowest BCUT2D eigenvalue weighted by atomic mass is 10.1. The Balaban J connectivity index is 1.55. The largest absolute Gasteiger partial charge is 0.328 e. The van der Waals surface area contributed by atoms with Crippen LogP contribution < -0.4 is 0 Å². The molecule has 0 aromatic carbocycles. The zero-order chi connectivity index (χ0) is 15.6. The van der Waals surface area contributed by atoms with Crippen molar-refractivity contribution in [1.82, 2.24) is 29.5 Å². The van der Waals surface area contributed by atoms with Gasteiger partial charge in [-0.3, -0.25) is 9.48 Å². The van der Waals surface area contributed by atoms with Gasteiger partial charge in [0, 0.05) is 31.7 Å². The molecule has 23 heavy (non-hydrogen) atoms. The minimum Gasteiger partial charge on any atom is -0.328 e. The zero-order valence-electron chi connectivity index (χ0n) is 13.0. The second-order valence-electron chi connectivity index (χ2n) is 6.19. The zero-order valence-corrected chi connectivity index (χ0v) is 13.0. The number of carbonyl (C=O) groups is 1. The van der Waals surface area contributed by atoms with Crippen molar-refractivity contribution in [2.45, 2.75) is 25.4 Å². The maximum Gasteiger partial charge on any atom is 0.292 e. The molecular formula is C16H20N6O. The van der Waals surface area contributed by atoms with Crippen molar-refractivity contribution in [3.8, 4) is 0 Å². The molecule has 2 aromatic rings. The fourth-order valence-electron chi connectivity index (χ4n) is 3.49. The van der Waals surface area contributed by atoms with Gasteiger partial charge in [0.15, 0.2) is 0 Å². The standard InChI is InChI=1S/C16H20N6O/c23-16(15-17-5-3-6-18-15)21-11-13-4-7-19-22(13)14(12-21)10-20-8-1-2-9-20/h3-7,14H,1-2,8-12H2. The molecule has 4 rings (SSSR count).